The third-order valence-electron chi connectivity index (χ3n) is 3.81. The molecule has 5 heteroatoms. The molecule has 17 heavy (non-hydrogen) atoms. The van der Waals surface area contributed by atoms with Crippen molar-refractivity contribution in [3.05, 3.63) is 11.1 Å². The van der Waals surface area contributed by atoms with Crippen molar-refractivity contribution in [1.29, 1.82) is 0 Å². The number of fused-ring (bicyclic) bond motifs is 1. The molecule has 2 fully saturated rings. The van der Waals surface area contributed by atoms with Crippen LogP contribution < -0.4 is 4.90 Å². The molecule has 0 radical (unpaired) electrons. The standard InChI is InChI=1S/C12H17N3OS/c1-9-6-14-4-2-3-10(14)7-15(9)12-13-5-11(8-16)17-12/h5,8-10H,2-4,6-7H2,1H3. The summed E-state index contributed by atoms with van der Waals surface area (Å²) in [5.74, 6) is 0. The Balaban J connectivity index is 1.80. The number of hydrogen-bond acceptors (Lipinski definition) is 5. The monoisotopic (exact) mass is 251 g/mol. The average Bonchev–Trinajstić information content (AvgIpc) is 2.94. The first-order valence-electron chi connectivity index (χ1n) is 6.19. The first kappa shape index (κ1) is 11.2. The number of thiazole rings is 1. The topological polar surface area (TPSA) is 36.4 Å². The fraction of sp³-hybridized carbons (Fsp3) is 0.667. The lowest BCUT2D eigenvalue weighted by Gasteiger charge is -2.42. The molecule has 92 valence electrons. The zero-order valence-corrected chi connectivity index (χ0v) is 10.8. The zero-order valence-electron chi connectivity index (χ0n) is 10.0. The Hall–Kier alpha value is -0.940. The lowest BCUT2D eigenvalue weighted by molar-refractivity contribution is 0.112. The molecule has 0 aromatic carbocycles. The SMILES string of the molecule is CC1CN2CCCC2CN1c1ncc(C=O)s1. The summed E-state index contributed by atoms with van der Waals surface area (Å²) in [6, 6.07) is 1.18. The molecule has 2 atom stereocenters. The molecule has 4 nitrogen and oxygen atoms in total. The van der Waals surface area contributed by atoms with E-state index in [2.05, 4.69) is 21.7 Å². The molecule has 0 bridgehead atoms. The van der Waals surface area contributed by atoms with Gasteiger partial charge in [-0.3, -0.25) is 9.69 Å². The Bertz CT molecular complexity index is 420. The lowest BCUT2D eigenvalue weighted by Crippen LogP contribution is -2.55. The number of carbonyl (C=O) groups is 1. The maximum atomic E-state index is 10.7. The number of rotatable bonds is 2. The Morgan fingerprint density at radius 1 is 1.53 bits per heavy atom. The number of carbonyl (C=O) groups excluding carboxylic acids is 1. The minimum Gasteiger partial charge on any atom is -0.343 e. The number of hydrogen-bond donors (Lipinski definition) is 0. The van der Waals surface area contributed by atoms with Crippen LogP contribution in [0.3, 0.4) is 0 Å². The van der Waals surface area contributed by atoms with Crippen LogP contribution >= 0.6 is 11.3 Å². The first-order valence-corrected chi connectivity index (χ1v) is 7.01. The highest BCUT2D eigenvalue weighted by molar-refractivity contribution is 7.17. The van der Waals surface area contributed by atoms with E-state index in [0.717, 1.165) is 29.4 Å². The number of aldehydes is 1. The third kappa shape index (κ3) is 1.98. The predicted molar refractivity (Wildman–Crippen MR) is 68.9 cm³/mol. The first-order chi connectivity index (χ1) is 8.28. The molecule has 2 saturated heterocycles. The van der Waals surface area contributed by atoms with E-state index in [0.29, 0.717) is 12.1 Å². The zero-order chi connectivity index (χ0) is 11.8. The van der Waals surface area contributed by atoms with Gasteiger partial charge in [0.1, 0.15) is 0 Å². The fourth-order valence-electron chi connectivity index (χ4n) is 2.92. The normalized spacial score (nSPS) is 29.4. The van der Waals surface area contributed by atoms with Crippen LogP contribution in [-0.2, 0) is 0 Å². The Morgan fingerprint density at radius 2 is 2.41 bits per heavy atom. The van der Waals surface area contributed by atoms with Gasteiger partial charge in [0, 0.05) is 25.2 Å². The van der Waals surface area contributed by atoms with Crippen molar-refractivity contribution in [3.63, 3.8) is 0 Å². The van der Waals surface area contributed by atoms with E-state index >= 15 is 0 Å². The van der Waals surface area contributed by atoms with Crippen LogP contribution in [0.25, 0.3) is 0 Å². The van der Waals surface area contributed by atoms with Crippen molar-refractivity contribution in [3.8, 4) is 0 Å². The van der Waals surface area contributed by atoms with Gasteiger partial charge in [-0.15, -0.1) is 0 Å². The second-order valence-electron chi connectivity index (χ2n) is 4.96. The minimum atomic E-state index is 0.495. The summed E-state index contributed by atoms with van der Waals surface area (Å²) in [5, 5.41) is 1.01. The van der Waals surface area contributed by atoms with Crippen molar-refractivity contribution in [1.82, 2.24) is 9.88 Å². The van der Waals surface area contributed by atoms with Gasteiger partial charge in [0.2, 0.25) is 0 Å². The molecule has 2 unspecified atom stereocenters. The predicted octanol–water partition coefficient (Wildman–Crippen LogP) is 1.63. The van der Waals surface area contributed by atoms with Crippen LogP contribution in [0.2, 0.25) is 0 Å². The lowest BCUT2D eigenvalue weighted by atomic mass is 10.1. The minimum absolute atomic E-state index is 0.495. The van der Waals surface area contributed by atoms with E-state index in [9.17, 15) is 4.79 Å². The highest BCUT2D eigenvalue weighted by Gasteiger charge is 2.35. The van der Waals surface area contributed by atoms with Crippen molar-refractivity contribution >= 4 is 22.8 Å². The van der Waals surface area contributed by atoms with E-state index in [1.165, 1.54) is 30.7 Å². The molecule has 1 aromatic heterocycles. The Labute approximate surface area is 105 Å². The summed E-state index contributed by atoms with van der Waals surface area (Å²) in [5.41, 5.74) is 0. The summed E-state index contributed by atoms with van der Waals surface area (Å²) in [7, 11) is 0. The van der Waals surface area contributed by atoms with Crippen LogP contribution in [-0.4, -0.2) is 47.9 Å². The summed E-state index contributed by atoms with van der Waals surface area (Å²) in [4.78, 5) is 20.8. The van der Waals surface area contributed by atoms with Gasteiger partial charge in [-0.05, 0) is 26.3 Å². The van der Waals surface area contributed by atoms with Gasteiger partial charge >= 0.3 is 0 Å². The van der Waals surface area contributed by atoms with Gasteiger partial charge in [0.25, 0.3) is 0 Å². The molecule has 0 amide bonds. The van der Waals surface area contributed by atoms with Gasteiger partial charge in [-0.2, -0.15) is 0 Å². The average molecular weight is 251 g/mol. The van der Waals surface area contributed by atoms with Crippen LogP contribution in [0.1, 0.15) is 29.4 Å². The van der Waals surface area contributed by atoms with Crippen LogP contribution in [0.5, 0.6) is 0 Å². The largest absolute Gasteiger partial charge is 0.343 e. The maximum absolute atomic E-state index is 10.7. The second kappa shape index (κ2) is 4.38. The van der Waals surface area contributed by atoms with Crippen LogP contribution in [0.4, 0.5) is 5.13 Å². The van der Waals surface area contributed by atoms with E-state index in [4.69, 9.17) is 0 Å². The summed E-state index contributed by atoms with van der Waals surface area (Å²) < 4.78 is 0. The Kier molecular flexibility index (Phi) is 2.88. The van der Waals surface area contributed by atoms with Crippen molar-refractivity contribution in [2.75, 3.05) is 24.5 Å². The van der Waals surface area contributed by atoms with Crippen molar-refractivity contribution < 1.29 is 4.79 Å². The maximum Gasteiger partial charge on any atom is 0.186 e. The highest BCUT2D eigenvalue weighted by atomic mass is 32.1. The van der Waals surface area contributed by atoms with Crippen molar-refractivity contribution in [2.45, 2.75) is 31.8 Å². The molecule has 0 spiro atoms. The van der Waals surface area contributed by atoms with Gasteiger partial charge < -0.3 is 4.90 Å². The second-order valence-corrected chi connectivity index (χ2v) is 6.00. The quantitative estimate of drug-likeness (QED) is 0.749. The van der Waals surface area contributed by atoms with Crippen LogP contribution in [0, 0.1) is 0 Å². The summed E-state index contributed by atoms with van der Waals surface area (Å²) in [6.45, 7) is 5.68. The number of aromatic nitrogens is 1. The Morgan fingerprint density at radius 3 is 3.18 bits per heavy atom. The number of anilines is 1. The van der Waals surface area contributed by atoms with Gasteiger partial charge in [-0.1, -0.05) is 11.3 Å². The van der Waals surface area contributed by atoms with Crippen molar-refractivity contribution in [2.24, 2.45) is 0 Å². The molecular weight excluding hydrogens is 234 g/mol. The summed E-state index contributed by atoms with van der Waals surface area (Å²) in [6.07, 6.45) is 5.19. The van der Waals surface area contributed by atoms with Gasteiger partial charge in [0.15, 0.2) is 11.4 Å². The number of nitrogens with zero attached hydrogens (tertiary/aromatic N) is 3. The number of piperazine rings is 1. The van der Waals surface area contributed by atoms with Gasteiger partial charge in [0.05, 0.1) is 11.1 Å². The van der Waals surface area contributed by atoms with Gasteiger partial charge in [-0.25, -0.2) is 4.98 Å². The van der Waals surface area contributed by atoms with E-state index < -0.39 is 0 Å². The molecule has 0 saturated carbocycles. The van der Waals surface area contributed by atoms with E-state index in [1.54, 1.807) is 6.20 Å². The molecule has 0 N–H and O–H groups in total. The fourth-order valence-corrected chi connectivity index (χ4v) is 3.76. The molecule has 3 rings (SSSR count). The molecule has 3 heterocycles. The third-order valence-corrected chi connectivity index (χ3v) is 4.77. The van der Waals surface area contributed by atoms with E-state index in [1.807, 2.05) is 0 Å². The highest BCUT2D eigenvalue weighted by Crippen LogP contribution is 2.30. The summed E-state index contributed by atoms with van der Waals surface area (Å²) >= 11 is 1.51. The van der Waals surface area contributed by atoms with E-state index in [-0.39, 0.29) is 0 Å². The molecule has 1 aromatic rings. The molecule has 0 aliphatic carbocycles. The molecular formula is C12H17N3OS. The molecule has 2 aliphatic rings. The smallest absolute Gasteiger partial charge is 0.186 e. The molecule has 2 aliphatic heterocycles. The van der Waals surface area contributed by atoms with Crippen LogP contribution in [0.15, 0.2) is 6.20 Å².